The molecule has 6 nitrogen and oxygen atoms in total. The quantitative estimate of drug-likeness (QED) is 0.0450. The first-order valence-electron chi connectivity index (χ1n) is 17.5. The van der Waals surface area contributed by atoms with Crippen LogP contribution in [0.2, 0.25) is 0 Å². The van der Waals surface area contributed by atoms with Crippen molar-refractivity contribution in [2.45, 2.75) is 155 Å². The highest BCUT2D eigenvalue weighted by molar-refractivity contribution is 8.12. The number of carbonyl (C=O) groups is 3. The fourth-order valence-corrected chi connectivity index (χ4v) is 5.25. The van der Waals surface area contributed by atoms with Crippen molar-refractivity contribution in [2.24, 2.45) is 0 Å². The molecule has 0 saturated carbocycles. The third-order valence-electron chi connectivity index (χ3n) is 7.51. The molecule has 0 aliphatic heterocycles. The maximum absolute atomic E-state index is 12.3. The van der Waals surface area contributed by atoms with Crippen molar-refractivity contribution >= 4 is 28.9 Å². The van der Waals surface area contributed by atoms with E-state index in [-0.39, 0.29) is 17.2 Å². The summed E-state index contributed by atoms with van der Waals surface area (Å²) in [4.78, 5) is 38.1. The first-order valence-corrected chi connectivity index (χ1v) is 18.7. The largest absolute Gasteiger partial charge is 0.461 e. The van der Waals surface area contributed by atoms with E-state index in [9.17, 15) is 14.4 Å². The van der Waals surface area contributed by atoms with Crippen molar-refractivity contribution in [3.05, 3.63) is 24.3 Å². The number of ether oxygens (including phenoxy) is 2. The van der Waals surface area contributed by atoms with E-state index in [1.807, 2.05) is 23.3 Å². The Morgan fingerprint density at radius 3 is 1.35 bits per heavy atom. The van der Waals surface area contributed by atoms with Gasteiger partial charge in [0.25, 0.3) is 5.24 Å². The number of hydrogen-bond donors (Lipinski definition) is 0. The summed E-state index contributed by atoms with van der Waals surface area (Å²) in [7, 11) is 0. The normalized spacial score (nSPS) is 11.4. The van der Waals surface area contributed by atoms with Crippen LogP contribution in [0.4, 0.5) is 4.79 Å². The summed E-state index contributed by atoms with van der Waals surface area (Å²) in [5, 5.41) is 0.149. The lowest BCUT2D eigenvalue weighted by Gasteiger charge is -2.21. The number of rotatable bonds is 30. The van der Waals surface area contributed by atoms with Gasteiger partial charge in [0.1, 0.15) is 13.2 Å². The Balaban J connectivity index is 3.75. The Morgan fingerprint density at radius 2 is 0.930 bits per heavy atom. The molecule has 0 unspecified atom stereocenters. The van der Waals surface area contributed by atoms with Gasteiger partial charge in [0, 0.05) is 25.9 Å². The fourth-order valence-electron chi connectivity index (χ4n) is 4.80. The Kier molecular flexibility index (Phi) is 31.8. The molecule has 250 valence electrons. The first kappa shape index (κ1) is 41.2. The second-order valence-corrected chi connectivity index (χ2v) is 12.3. The van der Waals surface area contributed by atoms with Crippen molar-refractivity contribution in [1.29, 1.82) is 0 Å². The molecule has 0 aliphatic rings. The monoisotopic (exact) mass is 623 g/mol. The van der Waals surface area contributed by atoms with Gasteiger partial charge in [-0.05, 0) is 57.6 Å². The van der Waals surface area contributed by atoms with Gasteiger partial charge in [0.15, 0.2) is 0 Å². The van der Waals surface area contributed by atoms with Gasteiger partial charge in [-0.15, -0.1) is 0 Å². The SMILES string of the molecule is CCCCCC/C=C\COC(=O)CCCCCCCN(CCCCCCCC(=O)OC/C=C\CCCCCC)C(=O)SC. The van der Waals surface area contributed by atoms with Crippen molar-refractivity contribution in [3.8, 4) is 0 Å². The number of esters is 2. The number of hydrogen-bond acceptors (Lipinski definition) is 6. The van der Waals surface area contributed by atoms with Crippen molar-refractivity contribution < 1.29 is 23.9 Å². The Morgan fingerprint density at radius 1 is 0.535 bits per heavy atom. The molecule has 0 aromatic rings. The molecule has 0 rings (SSSR count). The third-order valence-corrected chi connectivity index (χ3v) is 8.12. The topological polar surface area (TPSA) is 72.9 Å². The van der Waals surface area contributed by atoms with Gasteiger partial charge in [0.2, 0.25) is 0 Å². The average molecular weight is 624 g/mol. The molecule has 43 heavy (non-hydrogen) atoms. The molecule has 0 atom stereocenters. The number of nitrogens with zero attached hydrogens (tertiary/aromatic N) is 1. The molecule has 0 N–H and O–H groups in total. The molecule has 0 aromatic carbocycles. The summed E-state index contributed by atoms with van der Waals surface area (Å²) in [6.45, 7) is 6.79. The predicted octanol–water partition coefficient (Wildman–Crippen LogP) is 10.6. The summed E-state index contributed by atoms with van der Waals surface area (Å²) < 4.78 is 10.6. The van der Waals surface area contributed by atoms with Crippen LogP contribution in [-0.2, 0) is 19.1 Å². The van der Waals surface area contributed by atoms with Crippen LogP contribution in [0.5, 0.6) is 0 Å². The lowest BCUT2D eigenvalue weighted by Crippen LogP contribution is -2.29. The number of amides is 1. The minimum Gasteiger partial charge on any atom is -0.461 e. The maximum atomic E-state index is 12.3. The molecule has 0 radical (unpaired) electrons. The molecule has 0 aliphatic carbocycles. The van der Waals surface area contributed by atoms with E-state index in [0.29, 0.717) is 26.1 Å². The molecule has 0 spiro atoms. The Hall–Kier alpha value is -1.76. The zero-order valence-corrected chi connectivity index (χ0v) is 28.9. The zero-order chi connectivity index (χ0) is 31.6. The van der Waals surface area contributed by atoms with E-state index >= 15 is 0 Å². The van der Waals surface area contributed by atoms with Crippen LogP contribution in [0.1, 0.15) is 155 Å². The molecule has 0 saturated heterocycles. The zero-order valence-electron chi connectivity index (χ0n) is 28.1. The molecule has 0 aromatic heterocycles. The van der Waals surface area contributed by atoms with Gasteiger partial charge in [-0.3, -0.25) is 14.4 Å². The summed E-state index contributed by atoms with van der Waals surface area (Å²) in [6, 6.07) is 0. The van der Waals surface area contributed by atoms with E-state index in [0.717, 1.165) is 90.1 Å². The minimum absolute atomic E-state index is 0.108. The number of carbonyl (C=O) groups excluding carboxylic acids is 3. The van der Waals surface area contributed by atoms with Gasteiger partial charge < -0.3 is 14.4 Å². The van der Waals surface area contributed by atoms with Crippen molar-refractivity contribution in [3.63, 3.8) is 0 Å². The molecular weight excluding hydrogens is 558 g/mol. The van der Waals surface area contributed by atoms with Crippen LogP contribution >= 0.6 is 11.8 Å². The van der Waals surface area contributed by atoms with E-state index in [1.165, 1.54) is 63.1 Å². The molecule has 0 heterocycles. The first-order chi connectivity index (χ1) is 21.0. The fraction of sp³-hybridized carbons (Fsp3) is 0.806. The summed E-state index contributed by atoms with van der Waals surface area (Å²) in [5.41, 5.74) is 0. The molecule has 0 bridgehead atoms. The highest BCUT2D eigenvalue weighted by Gasteiger charge is 2.11. The van der Waals surface area contributed by atoms with Crippen molar-refractivity contribution in [1.82, 2.24) is 4.90 Å². The van der Waals surface area contributed by atoms with E-state index in [4.69, 9.17) is 9.47 Å². The Bertz CT molecular complexity index is 672. The van der Waals surface area contributed by atoms with Gasteiger partial charge >= 0.3 is 11.9 Å². The second kappa shape index (κ2) is 33.1. The molecule has 7 heteroatoms. The third kappa shape index (κ3) is 30.1. The maximum Gasteiger partial charge on any atom is 0.306 e. The van der Waals surface area contributed by atoms with Crippen LogP contribution in [0.15, 0.2) is 24.3 Å². The number of allylic oxidation sites excluding steroid dienone is 2. The van der Waals surface area contributed by atoms with Crippen LogP contribution in [-0.4, -0.2) is 54.6 Å². The van der Waals surface area contributed by atoms with Crippen molar-refractivity contribution in [2.75, 3.05) is 32.6 Å². The number of unbranched alkanes of at least 4 members (excludes halogenated alkanes) is 16. The minimum atomic E-state index is -0.108. The standard InChI is InChI=1S/C36H65NO5S/c1-4-6-8-10-12-20-26-32-41-34(38)28-22-16-14-18-24-30-37(36(40)43-3)31-25-19-15-17-23-29-35(39)42-33-27-21-13-11-9-7-5-2/h20-21,26-27H,4-19,22-25,28-33H2,1-3H3/b26-20-,27-21-. The lowest BCUT2D eigenvalue weighted by molar-refractivity contribution is -0.143. The molecule has 1 amide bonds. The van der Waals surface area contributed by atoms with Gasteiger partial charge in [-0.1, -0.05) is 127 Å². The average Bonchev–Trinajstić information content (AvgIpc) is 3.01. The summed E-state index contributed by atoms with van der Waals surface area (Å²) in [5.74, 6) is -0.216. The highest BCUT2D eigenvalue weighted by Crippen LogP contribution is 2.13. The summed E-state index contributed by atoms with van der Waals surface area (Å²) >= 11 is 1.28. The lowest BCUT2D eigenvalue weighted by atomic mass is 10.1. The van der Waals surface area contributed by atoms with Crippen LogP contribution < -0.4 is 0 Å². The van der Waals surface area contributed by atoms with E-state index < -0.39 is 0 Å². The summed E-state index contributed by atoms with van der Waals surface area (Å²) in [6.07, 6.45) is 33.2. The van der Waals surface area contributed by atoms with Gasteiger partial charge in [-0.2, -0.15) is 0 Å². The van der Waals surface area contributed by atoms with Crippen LogP contribution in [0, 0.1) is 0 Å². The molecular formula is C36H65NO5S. The van der Waals surface area contributed by atoms with Crippen LogP contribution in [0.3, 0.4) is 0 Å². The predicted molar refractivity (Wildman–Crippen MR) is 184 cm³/mol. The second-order valence-electron chi connectivity index (χ2n) is 11.5. The van der Waals surface area contributed by atoms with E-state index in [2.05, 4.69) is 26.0 Å². The number of thioether (sulfide) groups is 1. The molecule has 0 fully saturated rings. The Labute approximate surface area is 269 Å². The van der Waals surface area contributed by atoms with Gasteiger partial charge in [0.05, 0.1) is 0 Å². The van der Waals surface area contributed by atoms with Crippen LogP contribution in [0.25, 0.3) is 0 Å². The van der Waals surface area contributed by atoms with E-state index in [1.54, 1.807) is 0 Å². The van der Waals surface area contributed by atoms with Gasteiger partial charge in [-0.25, -0.2) is 0 Å². The smallest absolute Gasteiger partial charge is 0.306 e. The highest BCUT2D eigenvalue weighted by atomic mass is 32.2.